The first-order chi connectivity index (χ1) is 9.52. The van der Waals surface area contributed by atoms with E-state index in [4.69, 9.17) is 10.5 Å². The molecule has 6 nitrogen and oxygen atoms in total. The summed E-state index contributed by atoms with van der Waals surface area (Å²) in [6.45, 7) is 5.66. The number of esters is 1. The van der Waals surface area contributed by atoms with Crippen LogP contribution in [0.25, 0.3) is 11.5 Å². The van der Waals surface area contributed by atoms with Gasteiger partial charge in [0.05, 0.1) is 12.3 Å². The van der Waals surface area contributed by atoms with Gasteiger partial charge in [-0.15, -0.1) is 0 Å². The Hall–Kier alpha value is -2.50. The first-order valence-electron chi connectivity index (χ1n) is 6.27. The van der Waals surface area contributed by atoms with E-state index >= 15 is 0 Å². The fourth-order valence-corrected chi connectivity index (χ4v) is 1.82. The SMILES string of the molecule is CCOC(=O)c1c(C)nc(-c2cc(C)ccn2)nc1N. The number of hydrogen-bond donors (Lipinski definition) is 1. The Kier molecular flexibility index (Phi) is 3.93. The van der Waals surface area contributed by atoms with Crippen molar-refractivity contribution in [2.45, 2.75) is 20.8 Å². The van der Waals surface area contributed by atoms with Crippen LogP contribution in [-0.2, 0) is 4.74 Å². The molecule has 6 heteroatoms. The van der Waals surface area contributed by atoms with E-state index in [9.17, 15) is 4.79 Å². The van der Waals surface area contributed by atoms with Gasteiger partial charge < -0.3 is 10.5 Å². The lowest BCUT2D eigenvalue weighted by Gasteiger charge is -2.09. The molecular formula is C14H16N4O2. The van der Waals surface area contributed by atoms with E-state index in [2.05, 4.69) is 15.0 Å². The number of carbonyl (C=O) groups excluding carboxylic acids is 1. The normalized spacial score (nSPS) is 10.3. The molecule has 0 atom stereocenters. The maximum atomic E-state index is 11.8. The van der Waals surface area contributed by atoms with Crippen molar-refractivity contribution in [1.29, 1.82) is 0 Å². The number of nitrogen functional groups attached to an aromatic ring is 1. The van der Waals surface area contributed by atoms with Gasteiger partial charge in [0.1, 0.15) is 17.1 Å². The van der Waals surface area contributed by atoms with Gasteiger partial charge in [-0.2, -0.15) is 0 Å². The number of hydrogen-bond acceptors (Lipinski definition) is 6. The Bertz CT molecular complexity index is 632. The van der Waals surface area contributed by atoms with Crippen molar-refractivity contribution in [3.05, 3.63) is 35.2 Å². The molecule has 0 radical (unpaired) electrons. The molecule has 2 heterocycles. The first-order valence-corrected chi connectivity index (χ1v) is 6.27. The summed E-state index contributed by atoms with van der Waals surface area (Å²) in [5.41, 5.74) is 8.21. The Balaban J connectivity index is 2.47. The second kappa shape index (κ2) is 5.64. The minimum Gasteiger partial charge on any atom is -0.462 e. The summed E-state index contributed by atoms with van der Waals surface area (Å²) >= 11 is 0. The van der Waals surface area contributed by atoms with Crippen LogP contribution >= 0.6 is 0 Å². The van der Waals surface area contributed by atoms with Gasteiger partial charge in [-0.1, -0.05) is 0 Å². The molecule has 0 aromatic carbocycles. The van der Waals surface area contributed by atoms with Crippen LogP contribution in [0.1, 0.15) is 28.5 Å². The lowest BCUT2D eigenvalue weighted by Crippen LogP contribution is -2.13. The molecule has 0 aliphatic rings. The lowest BCUT2D eigenvalue weighted by molar-refractivity contribution is 0.0526. The largest absolute Gasteiger partial charge is 0.462 e. The van der Waals surface area contributed by atoms with E-state index in [1.54, 1.807) is 20.0 Å². The summed E-state index contributed by atoms with van der Waals surface area (Å²) in [7, 11) is 0. The maximum absolute atomic E-state index is 11.8. The number of rotatable bonds is 3. The number of nitrogens with zero attached hydrogens (tertiary/aromatic N) is 3. The van der Waals surface area contributed by atoms with Crippen LogP contribution in [0, 0.1) is 13.8 Å². The van der Waals surface area contributed by atoms with Crippen molar-refractivity contribution >= 4 is 11.8 Å². The zero-order valence-corrected chi connectivity index (χ0v) is 11.7. The molecule has 0 fully saturated rings. The molecule has 0 spiro atoms. The summed E-state index contributed by atoms with van der Waals surface area (Å²) in [6.07, 6.45) is 1.68. The quantitative estimate of drug-likeness (QED) is 0.858. The van der Waals surface area contributed by atoms with E-state index in [1.807, 2.05) is 19.1 Å². The van der Waals surface area contributed by atoms with Crippen molar-refractivity contribution in [3.8, 4) is 11.5 Å². The van der Waals surface area contributed by atoms with E-state index in [0.29, 0.717) is 17.2 Å². The highest BCUT2D eigenvalue weighted by Crippen LogP contribution is 2.20. The lowest BCUT2D eigenvalue weighted by atomic mass is 10.2. The fourth-order valence-electron chi connectivity index (χ4n) is 1.82. The van der Waals surface area contributed by atoms with Gasteiger partial charge in [0.2, 0.25) is 0 Å². The number of nitrogens with two attached hydrogens (primary N) is 1. The molecule has 0 unspecified atom stereocenters. The van der Waals surface area contributed by atoms with E-state index in [1.165, 1.54) is 0 Å². The average Bonchev–Trinajstić information content (AvgIpc) is 2.38. The fraction of sp³-hybridized carbons (Fsp3) is 0.286. The molecule has 0 saturated carbocycles. The monoisotopic (exact) mass is 272 g/mol. The number of aryl methyl sites for hydroxylation is 2. The third-order valence-corrected chi connectivity index (χ3v) is 2.74. The molecule has 2 aromatic heterocycles. The molecular weight excluding hydrogens is 256 g/mol. The Morgan fingerprint density at radius 1 is 1.35 bits per heavy atom. The zero-order chi connectivity index (χ0) is 14.7. The molecule has 2 aromatic rings. The van der Waals surface area contributed by atoms with Crippen molar-refractivity contribution in [3.63, 3.8) is 0 Å². The summed E-state index contributed by atoms with van der Waals surface area (Å²) in [4.78, 5) is 24.4. The predicted molar refractivity (Wildman–Crippen MR) is 75.1 cm³/mol. The van der Waals surface area contributed by atoms with E-state index in [-0.39, 0.29) is 18.0 Å². The van der Waals surface area contributed by atoms with Gasteiger partial charge in [0, 0.05) is 6.20 Å². The Morgan fingerprint density at radius 2 is 2.10 bits per heavy atom. The Morgan fingerprint density at radius 3 is 2.70 bits per heavy atom. The third-order valence-electron chi connectivity index (χ3n) is 2.74. The number of pyridine rings is 1. The molecule has 0 aliphatic carbocycles. The van der Waals surface area contributed by atoms with Gasteiger partial charge in [-0.3, -0.25) is 4.98 Å². The summed E-state index contributed by atoms with van der Waals surface area (Å²) < 4.78 is 4.94. The number of ether oxygens (including phenoxy) is 1. The average molecular weight is 272 g/mol. The smallest absolute Gasteiger partial charge is 0.343 e. The van der Waals surface area contributed by atoms with Gasteiger partial charge in [-0.25, -0.2) is 14.8 Å². The summed E-state index contributed by atoms with van der Waals surface area (Å²) in [5, 5.41) is 0. The third kappa shape index (κ3) is 2.74. The molecule has 2 N–H and O–H groups in total. The number of aromatic nitrogens is 3. The number of anilines is 1. The van der Waals surface area contributed by atoms with Gasteiger partial charge in [0.25, 0.3) is 0 Å². The van der Waals surface area contributed by atoms with E-state index in [0.717, 1.165) is 5.56 Å². The standard InChI is InChI=1S/C14H16N4O2/c1-4-20-14(19)11-9(3)17-13(18-12(11)15)10-7-8(2)5-6-16-10/h5-7H,4H2,1-3H3,(H2,15,17,18). The first kappa shape index (κ1) is 13.9. The van der Waals surface area contributed by atoms with Crippen molar-refractivity contribution in [2.24, 2.45) is 0 Å². The minimum atomic E-state index is -0.508. The van der Waals surface area contributed by atoms with E-state index < -0.39 is 5.97 Å². The topological polar surface area (TPSA) is 91.0 Å². The van der Waals surface area contributed by atoms with Crippen molar-refractivity contribution in [1.82, 2.24) is 15.0 Å². The maximum Gasteiger partial charge on any atom is 0.343 e. The molecule has 20 heavy (non-hydrogen) atoms. The second-order valence-corrected chi connectivity index (χ2v) is 4.33. The molecule has 104 valence electrons. The number of carbonyl (C=O) groups is 1. The molecule has 0 saturated heterocycles. The van der Waals surface area contributed by atoms with Gasteiger partial charge >= 0.3 is 5.97 Å². The van der Waals surface area contributed by atoms with Crippen LogP contribution in [0.2, 0.25) is 0 Å². The molecule has 0 amide bonds. The molecule has 2 rings (SSSR count). The van der Waals surface area contributed by atoms with Crippen LogP contribution in [-0.4, -0.2) is 27.5 Å². The predicted octanol–water partition coefficient (Wildman–Crippen LogP) is 1.91. The summed E-state index contributed by atoms with van der Waals surface area (Å²) in [5.74, 6) is -0.00254. The van der Waals surface area contributed by atoms with Crippen LogP contribution in [0.3, 0.4) is 0 Å². The van der Waals surface area contributed by atoms with Crippen LogP contribution in [0.5, 0.6) is 0 Å². The van der Waals surface area contributed by atoms with Gasteiger partial charge in [-0.05, 0) is 38.5 Å². The highest BCUT2D eigenvalue weighted by Gasteiger charge is 2.18. The molecule has 0 bridgehead atoms. The highest BCUT2D eigenvalue weighted by atomic mass is 16.5. The van der Waals surface area contributed by atoms with Gasteiger partial charge in [0.15, 0.2) is 5.82 Å². The van der Waals surface area contributed by atoms with Crippen LogP contribution < -0.4 is 5.73 Å². The second-order valence-electron chi connectivity index (χ2n) is 4.33. The minimum absolute atomic E-state index is 0.106. The highest BCUT2D eigenvalue weighted by molar-refractivity contribution is 5.95. The Labute approximate surface area is 117 Å². The zero-order valence-electron chi connectivity index (χ0n) is 11.7. The van der Waals surface area contributed by atoms with Crippen molar-refractivity contribution in [2.75, 3.05) is 12.3 Å². The summed E-state index contributed by atoms with van der Waals surface area (Å²) in [6, 6.07) is 3.74. The van der Waals surface area contributed by atoms with Crippen molar-refractivity contribution < 1.29 is 9.53 Å². The van der Waals surface area contributed by atoms with Crippen LogP contribution in [0.15, 0.2) is 18.3 Å². The molecule has 0 aliphatic heterocycles. The van der Waals surface area contributed by atoms with Crippen LogP contribution in [0.4, 0.5) is 5.82 Å².